The lowest BCUT2D eigenvalue weighted by Gasteiger charge is -2.20. The molecule has 5 rings (SSSR count). The number of carbonyl (C=O) groups excluding carboxylic acids is 1. The van der Waals surface area contributed by atoms with Crippen LogP contribution in [0.4, 0.5) is 0 Å². The zero-order chi connectivity index (χ0) is 24.3. The van der Waals surface area contributed by atoms with Gasteiger partial charge in [-0.3, -0.25) is 4.79 Å². The third-order valence-electron chi connectivity index (χ3n) is 6.49. The highest BCUT2D eigenvalue weighted by Gasteiger charge is 2.20. The van der Waals surface area contributed by atoms with E-state index in [4.69, 9.17) is 0 Å². The number of benzene rings is 3. The van der Waals surface area contributed by atoms with Crippen LogP contribution in [0.1, 0.15) is 47.6 Å². The zero-order valence-corrected chi connectivity index (χ0v) is 20.1. The van der Waals surface area contributed by atoms with Crippen molar-refractivity contribution >= 4 is 27.0 Å². The largest absolute Gasteiger partial charge is 0.345 e. The van der Waals surface area contributed by atoms with Crippen molar-refractivity contribution in [3.05, 3.63) is 95.3 Å². The van der Waals surface area contributed by atoms with Crippen LogP contribution < -0.4 is 10.0 Å². The molecule has 35 heavy (non-hydrogen) atoms. The van der Waals surface area contributed by atoms with Gasteiger partial charge in [0.25, 0.3) is 0 Å². The van der Waals surface area contributed by atoms with E-state index in [2.05, 4.69) is 20.0 Å². The smallest absolute Gasteiger partial charge is 0.240 e. The molecule has 0 bridgehead atoms. The van der Waals surface area contributed by atoms with Gasteiger partial charge in [0.15, 0.2) is 0 Å². The maximum absolute atomic E-state index is 12.9. The van der Waals surface area contributed by atoms with Crippen LogP contribution in [0.25, 0.3) is 11.0 Å². The van der Waals surface area contributed by atoms with Gasteiger partial charge in [0.2, 0.25) is 15.9 Å². The first kappa shape index (κ1) is 23.3. The molecule has 0 fully saturated rings. The minimum atomic E-state index is -3.68. The molecule has 1 atom stereocenters. The van der Waals surface area contributed by atoms with E-state index in [0.717, 1.165) is 53.4 Å². The summed E-state index contributed by atoms with van der Waals surface area (Å²) in [4.78, 5) is 20.5. The molecule has 0 spiro atoms. The molecular weight excluding hydrogens is 460 g/mol. The maximum atomic E-state index is 12.9. The number of carbonyl (C=O) groups is 1. The molecule has 0 radical (unpaired) electrons. The van der Waals surface area contributed by atoms with Crippen molar-refractivity contribution < 1.29 is 13.2 Å². The number of hydrogen-bond donors (Lipinski definition) is 3. The van der Waals surface area contributed by atoms with Crippen LogP contribution in [0, 0.1) is 0 Å². The van der Waals surface area contributed by atoms with Gasteiger partial charge in [-0.2, -0.15) is 0 Å². The van der Waals surface area contributed by atoms with Crippen molar-refractivity contribution in [3.8, 4) is 0 Å². The summed E-state index contributed by atoms with van der Waals surface area (Å²) in [5.74, 6) is -0.239. The normalized spacial score (nSPS) is 14.4. The van der Waals surface area contributed by atoms with E-state index in [1.54, 1.807) is 18.5 Å². The Morgan fingerprint density at radius 1 is 0.943 bits per heavy atom. The Labute approximate surface area is 205 Å². The van der Waals surface area contributed by atoms with Crippen LogP contribution in [0.3, 0.4) is 0 Å². The standard InChI is InChI=1S/C27H28N4O3S/c32-26(14-15-30-35(33,34)23-12-10-19-6-4-5-9-21(19)16-23)31-27(20-7-2-1-3-8-20)22-11-13-24-25(17-22)29-18-28-24/h1-3,7-8,10-13,16-18,27,30H,4-6,9,14-15H2,(H,28,29)(H,31,32). The summed E-state index contributed by atoms with van der Waals surface area (Å²) < 4.78 is 28.2. The first-order chi connectivity index (χ1) is 17.0. The van der Waals surface area contributed by atoms with Crippen molar-refractivity contribution in [2.24, 2.45) is 0 Å². The van der Waals surface area contributed by atoms with Crippen molar-refractivity contribution in [2.75, 3.05) is 6.54 Å². The van der Waals surface area contributed by atoms with Crippen LogP contribution in [0.2, 0.25) is 0 Å². The highest BCUT2D eigenvalue weighted by molar-refractivity contribution is 7.89. The molecule has 1 unspecified atom stereocenters. The fourth-order valence-electron chi connectivity index (χ4n) is 4.63. The molecular formula is C27H28N4O3S. The van der Waals surface area contributed by atoms with E-state index >= 15 is 0 Å². The number of amides is 1. The molecule has 4 aromatic rings. The number of H-pyrrole nitrogens is 1. The number of imidazole rings is 1. The van der Waals surface area contributed by atoms with Gasteiger partial charge < -0.3 is 10.3 Å². The Bertz CT molecular complexity index is 1450. The number of fused-ring (bicyclic) bond motifs is 2. The van der Waals surface area contributed by atoms with Gasteiger partial charge in [-0.1, -0.05) is 42.5 Å². The fraction of sp³-hybridized carbons (Fsp3) is 0.259. The second-order valence-electron chi connectivity index (χ2n) is 8.88. The third-order valence-corrected chi connectivity index (χ3v) is 7.95. The van der Waals surface area contributed by atoms with E-state index < -0.39 is 10.0 Å². The van der Waals surface area contributed by atoms with Crippen molar-refractivity contribution in [1.29, 1.82) is 0 Å². The third kappa shape index (κ3) is 5.28. The molecule has 0 saturated carbocycles. The summed E-state index contributed by atoms with van der Waals surface area (Å²) in [6.07, 6.45) is 5.80. The molecule has 0 aliphatic heterocycles. The minimum absolute atomic E-state index is 0.0202. The maximum Gasteiger partial charge on any atom is 0.240 e. The average molecular weight is 489 g/mol. The molecule has 1 heterocycles. The van der Waals surface area contributed by atoms with Gasteiger partial charge in [0, 0.05) is 13.0 Å². The molecule has 7 nitrogen and oxygen atoms in total. The Kier molecular flexibility index (Phi) is 6.66. The van der Waals surface area contributed by atoms with Crippen LogP contribution >= 0.6 is 0 Å². The van der Waals surface area contributed by atoms with E-state index in [1.807, 2.05) is 54.6 Å². The zero-order valence-electron chi connectivity index (χ0n) is 19.3. The predicted octanol–water partition coefficient (Wildman–Crippen LogP) is 4.02. The van der Waals surface area contributed by atoms with Gasteiger partial charge in [-0.25, -0.2) is 18.1 Å². The molecule has 1 aliphatic carbocycles. The van der Waals surface area contributed by atoms with Crippen LogP contribution in [-0.4, -0.2) is 30.8 Å². The number of nitrogens with one attached hydrogen (secondary N) is 3. The van der Waals surface area contributed by atoms with Gasteiger partial charge >= 0.3 is 0 Å². The molecule has 1 amide bonds. The van der Waals surface area contributed by atoms with E-state index in [1.165, 1.54) is 5.56 Å². The van der Waals surface area contributed by atoms with E-state index in [-0.39, 0.29) is 29.8 Å². The predicted molar refractivity (Wildman–Crippen MR) is 135 cm³/mol. The van der Waals surface area contributed by atoms with Gasteiger partial charge in [-0.05, 0) is 72.2 Å². The number of sulfonamides is 1. The number of rotatable bonds is 8. The fourth-order valence-corrected chi connectivity index (χ4v) is 5.71. The highest BCUT2D eigenvalue weighted by atomic mass is 32.2. The van der Waals surface area contributed by atoms with Gasteiger partial charge in [0.05, 0.1) is 28.3 Å². The van der Waals surface area contributed by atoms with Gasteiger partial charge in [-0.15, -0.1) is 0 Å². The molecule has 3 N–H and O–H groups in total. The van der Waals surface area contributed by atoms with Crippen molar-refractivity contribution in [2.45, 2.75) is 43.0 Å². The SMILES string of the molecule is O=C(CCNS(=O)(=O)c1ccc2c(c1)CCCC2)NC(c1ccccc1)c1ccc2nc[nH]c2c1. The summed E-state index contributed by atoms with van der Waals surface area (Å²) in [7, 11) is -3.68. The Morgan fingerprint density at radius 2 is 1.74 bits per heavy atom. The Morgan fingerprint density at radius 3 is 2.57 bits per heavy atom. The van der Waals surface area contributed by atoms with Crippen LogP contribution in [0.15, 0.2) is 78.0 Å². The lowest BCUT2D eigenvalue weighted by Crippen LogP contribution is -2.33. The number of hydrogen-bond acceptors (Lipinski definition) is 4. The average Bonchev–Trinajstić information content (AvgIpc) is 3.35. The van der Waals surface area contributed by atoms with E-state index in [0.29, 0.717) is 0 Å². The topological polar surface area (TPSA) is 104 Å². The molecule has 1 aliphatic rings. The van der Waals surface area contributed by atoms with Crippen molar-refractivity contribution in [1.82, 2.24) is 20.0 Å². The van der Waals surface area contributed by atoms with E-state index in [9.17, 15) is 13.2 Å². The number of nitrogens with zero attached hydrogens (tertiary/aromatic N) is 1. The lowest BCUT2D eigenvalue weighted by molar-refractivity contribution is -0.121. The number of aryl methyl sites for hydroxylation is 2. The summed E-state index contributed by atoms with van der Waals surface area (Å²) >= 11 is 0. The molecule has 1 aromatic heterocycles. The summed E-state index contributed by atoms with van der Waals surface area (Å²) in [5.41, 5.74) is 5.93. The quantitative estimate of drug-likeness (QED) is 0.349. The second kappa shape index (κ2) is 10.0. The number of aromatic amines is 1. The summed E-state index contributed by atoms with van der Waals surface area (Å²) in [6.45, 7) is 0.0202. The van der Waals surface area contributed by atoms with Crippen LogP contribution in [-0.2, 0) is 27.7 Å². The Balaban J connectivity index is 1.26. The molecule has 180 valence electrons. The summed E-state index contributed by atoms with van der Waals surface area (Å²) in [5, 5.41) is 3.07. The molecule has 8 heteroatoms. The minimum Gasteiger partial charge on any atom is -0.345 e. The second-order valence-corrected chi connectivity index (χ2v) is 10.6. The first-order valence-corrected chi connectivity index (χ1v) is 13.4. The summed E-state index contributed by atoms with van der Waals surface area (Å²) in [6, 6.07) is 20.5. The lowest BCUT2D eigenvalue weighted by atomic mass is 9.92. The molecule has 0 saturated heterocycles. The highest BCUT2D eigenvalue weighted by Crippen LogP contribution is 2.25. The number of aromatic nitrogens is 2. The van der Waals surface area contributed by atoms with Crippen LogP contribution in [0.5, 0.6) is 0 Å². The molecule has 3 aromatic carbocycles. The first-order valence-electron chi connectivity index (χ1n) is 11.9. The van der Waals surface area contributed by atoms with Crippen molar-refractivity contribution in [3.63, 3.8) is 0 Å². The monoisotopic (exact) mass is 488 g/mol. The Hall–Kier alpha value is -3.49. The van der Waals surface area contributed by atoms with Gasteiger partial charge in [0.1, 0.15) is 0 Å².